The third-order valence-corrected chi connectivity index (χ3v) is 3.39. The molecule has 0 spiro atoms. The van der Waals surface area contributed by atoms with Gasteiger partial charge in [0.05, 0.1) is 6.21 Å². The first-order valence-corrected chi connectivity index (χ1v) is 6.82. The minimum atomic E-state index is 0.922. The lowest BCUT2D eigenvalue weighted by Crippen LogP contribution is -2.17. The molecule has 1 aromatic carbocycles. The first-order chi connectivity index (χ1) is 9.43. The van der Waals surface area contributed by atoms with Gasteiger partial charge in [-0.2, -0.15) is 5.10 Å². The largest absolute Gasteiger partial charge is 0.361 e. The number of H-pyrrole nitrogens is 1. The predicted octanol–water partition coefficient (Wildman–Crippen LogP) is 3.06. The number of hydrogen-bond acceptors (Lipinski definition) is 3. The number of aromatic amines is 1. The van der Waals surface area contributed by atoms with Crippen LogP contribution in [0.1, 0.15) is 31.2 Å². The van der Waals surface area contributed by atoms with Gasteiger partial charge in [-0.1, -0.05) is 24.6 Å². The Morgan fingerprint density at radius 1 is 1.21 bits per heavy atom. The van der Waals surface area contributed by atoms with E-state index in [9.17, 15) is 0 Å². The van der Waals surface area contributed by atoms with Crippen molar-refractivity contribution in [2.45, 2.75) is 25.7 Å². The average Bonchev–Trinajstić information content (AvgIpc) is 2.68. The Bertz CT molecular complexity index is 609. The fourth-order valence-corrected chi connectivity index (χ4v) is 2.34. The van der Waals surface area contributed by atoms with Crippen LogP contribution in [-0.4, -0.2) is 23.6 Å². The van der Waals surface area contributed by atoms with E-state index in [4.69, 9.17) is 0 Å². The zero-order valence-electron chi connectivity index (χ0n) is 10.9. The van der Waals surface area contributed by atoms with E-state index in [1.807, 2.05) is 24.5 Å². The minimum Gasteiger partial charge on any atom is -0.361 e. The SMILES string of the molecule is C(=NNC1=NCCCCC1)c1c[nH]c2ccccc12. The number of aliphatic imine (C=N–C) groups is 1. The Hall–Kier alpha value is -2.10. The number of fused-ring (bicyclic) bond motifs is 1. The van der Waals surface area contributed by atoms with Gasteiger partial charge in [-0.3, -0.25) is 10.4 Å². The number of hydrazone groups is 1. The molecule has 1 aliphatic rings. The molecule has 0 radical (unpaired) electrons. The Morgan fingerprint density at radius 2 is 2.16 bits per heavy atom. The van der Waals surface area contributed by atoms with Crippen LogP contribution < -0.4 is 5.43 Å². The van der Waals surface area contributed by atoms with E-state index in [1.54, 1.807) is 0 Å². The summed E-state index contributed by atoms with van der Waals surface area (Å²) in [6.07, 6.45) is 8.49. The van der Waals surface area contributed by atoms with Crippen LogP contribution in [0.4, 0.5) is 0 Å². The van der Waals surface area contributed by atoms with Gasteiger partial charge in [0.2, 0.25) is 0 Å². The smallest absolute Gasteiger partial charge is 0.117 e. The maximum Gasteiger partial charge on any atom is 0.117 e. The summed E-state index contributed by atoms with van der Waals surface area (Å²) in [4.78, 5) is 7.73. The Balaban J connectivity index is 1.70. The van der Waals surface area contributed by atoms with Crippen molar-refractivity contribution >= 4 is 23.0 Å². The van der Waals surface area contributed by atoms with Gasteiger partial charge in [0.1, 0.15) is 5.84 Å². The van der Waals surface area contributed by atoms with Crippen LogP contribution >= 0.6 is 0 Å². The first kappa shape index (κ1) is 12.0. The van der Waals surface area contributed by atoms with Crippen LogP contribution in [0.3, 0.4) is 0 Å². The van der Waals surface area contributed by atoms with Gasteiger partial charge in [-0.25, -0.2) is 0 Å². The lowest BCUT2D eigenvalue weighted by molar-refractivity contribution is 0.729. The van der Waals surface area contributed by atoms with Crippen molar-refractivity contribution in [1.82, 2.24) is 10.4 Å². The van der Waals surface area contributed by atoms with E-state index < -0.39 is 0 Å². The number of benzene rings is 1. The summed E-state index contributed by atoms with van der Waals surface area (Å²) in [6.45, 7) is 0.922. The van der Waals surface area contributed by atoms with E-state index in [0.29, 0.717) is 0 Å². The van der Waals surface area contributed by atoms with E-state index in [1.165, 1.54) is 24.6 Å². The zero-order chi connectivity index (χ0) is 12.9. The number of nitrogens with zero attached hydrogens (tertiary/aromatic N) is 2. The molecule has 98 valence electrons. The van der Waals surface area contributed by atoms with Gasteiger partial charge in [0.25, 0.3) is 0 Å². The van der Waals surface area contributed by atoms with Crippen LogP contribution in [0, 0.1) is 0 Å². The third kappa shape index (κ3) is 2.84. The summed E-state index contributed by atoms with van der Waals surface area (Å²) in [5.74, 6) is 1.01. The molecule has 0 saturated heterocycles. The minimum absolute atomic E-state index is 0.922. The molecular weight excluding hydrogens is 236 g/mol. The van der Waals surface area contributed by atoms with Gasteiger partial charge in [-0.05, 0) is 18.9 Å². The lowest BCUT2D eigenvalue weighted by Gasteiger charge is -2.01. The van der Waals surface area contributed by atoms with Crippen molar-refractivity contribution in [3.05, 3.63) is 36.0 Å². The van der Waals surface area contributed by atoms with Crippen LogP contribution in [0.2, 0.25) is 0 Å². The molecule has 1 aliphatic heterocycles. The van der Waals surface area contributed by atoms with Crippen molar-refractivity contribution in [2.24, 2.45) is 10.1 Å². The highest BCUT2D eigenvalue weighted by Gasteiger charge is 2.03. The van der Waals surface area contributed by atoms with E-state index in [0.717, 1.165) is 29.9 Å². The molecule has 4 heteroatoms. The second kappa shape index (κ2) is 5.69. The Kier molecular flexibility index (Phi) is 3.58. The molecule has 19 heavy (non-hydrogen) atoms. The van der Waals surface area contributed by atoms with Crippen LogP contribution in [0.25, 0.3) is 10.9 Å². The van der Waals surface area contributed by atoms with Crippen molar-refractivity contribution in [1.29, 1.82) is 0 Å². The Morgan fingerprint density at radius 3 is 3.16 bits per heavy atom. The lowest BCUT2D eigenvalue weighted by atomic mass is 10.2. The molecule has 0 atom stereocenters. The maximum atomic E-state index is 4.49. The van der Waals surface area contributed by atoms with Crippen LogP contribution in [0.5, 0.6) is 0 Å². The topological polar surface area (TPSA) is 52.5 Å². The molecule has 1 aromatic heterocycles. The summed E-state index contributed by atoms with van der Waals surface area (Å²) in [5, 5.41) is 5.49. The zero-order valence-corrected chi connectivity index (χ0v) is 10.9. The normalized spacial score (nSPS) is 16.5. The van der Waals surface area contributed by atoms with Crippen LogP contribution in [-0.2, 0) is 0 Å². The third-order valence-electron chi connectivity index (χ3n) is 3.39. The molecule has 2 aromatic rings. The number of hydrogen-bond donors (Lipinski definition) is 2. The molecule has 0 aliphatic carbocycles. The second-order valence-corrected chi connectivity index (χ2v) is 4.80. The summed E-state index contributed by atoms with van der Waals surface area (Å²) in [7, 11) is 0. The summed E-state index contributed by atoms with van der Waals surface area (Å²) >= 11 is 0. The monoisotopic (exact) mass is 254 g/mol. The molecule has 4 nitrogen and oxygen atoms in total. The van der Waals surface area contributed by atoms with Gasteiger partial charge >= 0.3 is 0 Å². The average molecular weight is 254 g/mol. The first-order valence-electron chi connectivity index (χ1n) is 6.82. The molecule has 2 heterocycles. The summed E-state index contributed by atoms with van der Waals surface area (Å²) < 4.78 is 0. The van der Waals surface area contributed by atoms with Crippen molar-refractivity contribution in [3.63, 3.8) is 0 Å². The molecule has 3 rings (SSSR count). The fraction of sp³-hybridized carbons (Fsp3) is 0.333. The number of amidine groups is 1. The van der Waals surface area contributed by atoms with E-state index in [-0.39, 0.29) is 0 Å². The predicted molar refractivity (Wildman–Crippen MR) is 79.8 cm³/mol. The Labute approximate surface area is 112 Å². The number of aromatic nitrogens is 1. The van der Waals surface area contributed by atoms with Gasteiger partial charge in [-0.15, -0.1) is 0 Å². The highest BCUT2D eigenvalue weighted by atomic mass is 15.3. The molecule has 0 fully saturated rings. The fourth-order valence-electron chi connectivity index (χ4n) is 2.34. The molecule has 2 N–H and O–H groups in total. The highest BCUT2D eigenvalue weighted by molar-refractivity contribution is 5.99. The summed E-state index contributed by atoms with van der Waals surface area (Å²) in [5.41, 5.74) is 5.30. The number of nitrogens with one attached hydrogen (secondary N) is 2. The van der Waals surface area contributed by atoms with Crippen molar-refractivity contribution < 1.29 is 0 Å². The molecule has 0 unspecified atom stereocenters. The van der Waals surface area contributed by atoms with E-state index >= 15 is 0 Å². The van der Waals surface area contributed by atoms with Gasteiger partial charge in [0, 0.05) is 35.6 Å². The quantitative estimate of drug-likeness (QED) is 0.628. The van der Waals surface area contributed by atoms with E-state index in [2.05, 4.69) is 32.6 Å². The van der Waals surface area contributed by atoms with Gasteiger partial charge < -0.3 is 4.98 Å². The maximum absolute atomic E-state index is 4.49. The number of para-hydroxylation sites is 1. The standard InChI is InChI=1S/C15H18N4/c1-2-8-15(16-9-5-1)19-18-11-12-10-17-14-7-4-3-6-13(12)14/h3-4,6-7,10-11,17H,1-2,5,8-9H2,(H,16,19). The molecule has 0 amide bonds. The van der Waals surface area contributed by atoms with Gasteiger partial charge in [0.15, 0.2) is 0 Å². The van der Waals surface area contributed by atoms with Crippen LogP contribution in [0.15, 0.2) is 40.6 Å². The molecular formula is C15H18N4. The van der Waals surface area contributed by atoms with Crippen molar-refractivity contribution in [2.75, 3.05) is 6.54 Å². The highest BCUT2D eigenvalue weighted by Crippen LogP contribution is 2.15. The van der Waals surface area contributed by atoms with Crippen molar-refractivity contribution in [3.8, 4) is 0 Å². The number of rotatable bonds is 2. The second-order valence-electron chi connectivity index (χ2n) is 4.80. The summed E-state index contributed by atoms with van der Waals surface area (Å²) in [6, 6.07) is 8.22. The molecule has 0 bridgehead atoms. The molecule has 0 saturated carbocycles.